The van der Waals surface area contributed by atoms with E-state index >= 15 is 0 Å². The van der Waals surface area contributed by atoms with E-state index in [0.29, 0.717) is 15.6 Å². The van der Waals surface area contributed by atoms with Gasteiger partial charge in [0.1, 0.15) is 20.6 Å². The van der Waals surface area contributed by atoms with Crippen LogP contribution in [-0.2, 0) is 17.8 Å². The van der Waals surface area contributed by atoms with E-state index in [1.165, 1.54) is 6.92 Å². The molecule has 1 aromatic heterocycles. The van der Waals surface area contributed by atoms with Crippen LogP contribution in [0.25, 0.3) is 0 Å². The van der Waals surface area contributed by atoms with Crippen molar-refractivity contribution in [1.82, 2.24) is 9.55 Å². The van der Waals surface area contributed by atoms with Gasteiger partial charge in [0.05, 0.1) is 6.54 Å². The maximum atomic E-state index is 11.0. The molecule has 1 rings (SSSR count). The SMILES string of the molecule is CCc1nc(Br)c(Br)n1CC(C)(N)C(=O)O. The van der Waals surface area contributed by atoms with Crippen LogP contribution in [0.15, 0.2) is 9.21 Å². The van der Waals surface area contributed by atoms with Gasteiger partial charge >= 0.3 is 5.97 Å². The Morgan fingerprint density at radius 1 is 1.62 bits per heavy atom. The zero-order chi connectivity index (χ0) is 12.5. The molecule has 0 fully saturated rings. The number of aryl methyl sites for hydroxylation is 1. The molecule has 0 aliphatic rings. The largest absolute Gasteiger partial charge is 0.480 e. The molecule has 0 spiro atoms. The van der Waals surface area contributed by atoms with E-state index in [1.54, 1.807) is 4.57 Å². The third kappa shape index (κ3) is 2.64. The highest BCUT2D eigenvalue weighted by Gasteiger charge is 2.30. The average molecular weight is 355 g/mol. The summed E-state index contributed by atoms with van der Waals surface area (Å²) in [4.78, 5) is 15.2. The summed E-state index contributed by atoms with van der Waals surface area (Å²) in [5, 5.41) is 8.98. The second kappa shape index (κ2) is 4.85. The Bertz CT molecular complexity index is 415. The molecule has 0 saturated heterocycles. The quantitative estimate of drug-likeness (QED) is 0.863. The number of aromatic nitrogens is 2. The molecule has 0 aliphatic carbocycles. The summed E-state index contributed by atoms with van der Waals surface area (Å²) in [5.41, 5.74) is 4.40. The van der Waals surface area contributed by atoms with Crippen LogP contribution in [0.4, 0.5) is 0 Å². The Balaban J connectivity index is 3.10. The van der Waals surface area contributed by atoms with E-state index in [0.717, 1.165) is 5.82 Å². The molecule has 1 aromatic rings. The highest BCUT2D eigenvalue weighted by atomic mass is 79.9. The zero-order valence-corrected chi connectivity index (χ0v) is 12.2. The first kappa shape index (κ1) is 13.7. The normalized spacial score (nSPS) is 14.8. The Morgan fingerprint density at radius 2 is 2.19 bits per heavy atom. The van der Waals surface area contributed by atoms with Crippen molar-refractivity contribution in [3.63, 3.8) is 0 Å². The fourth-order valence-electron chi connectivity index (χ4n) is 1.27. The molecular formula is C9H13Br2N3O2. The number of hydrogen-bond acceptors (Lipinski definition) is 3. The van der Waals surface area contributed by atoms with Crippen molar-refractivity contribution in [2.24, 2.45) is 5.73 Å². The van der Waals surface area contributed by atoms with Crippen LogP contribution in [0.3, 0.4) is 0 Å². The predicted octanol–water partition coefficient (Wildman–Crippen LogP) is 1.77. The highest BCUT2D eigenvalue weighted by Crippen LogP contribution is 2.25. The topological polar surface area (TPSA) is 81.1 Å². The molecule has 1 unspecified atom stereocenters. The molecule has 16 heavy (non-hydrogen) atoms. The molecule has 1 heterocycles. The minimum absolute atomic E-state index is 0.171. The summed E-state index contributed by atoms with van der Waals surface area (Å²) in [6, 6.07) is 0. The van der Waals surface area contributed by atoms with Gasteiger partial charge in [-0.3, -0.25) is 4.79 Å². The number of aliphatic carboxylic acids is 1. The molecule has 0 aromatic carbocycles. The van der Waals surface area contributed by atoms with E-state index in [1.807, 2.05) is 6.92 Å². The summed E-state index contributed by atoms with van der Waals surface area (Å²) in [5.74, 6) is -0.247. The predicted molar refractivity (Wildman–Crippen MR) is 67.2 cm³/mol. The van der Waals surface area contributed by atoms with Crippen molar-refractivity contribution in [3.8, 4) is 0 Å². The Kier molecular flexibility index (Phi) is 4.14. The summed E-state index contributed by atoms with van der Waals surface area (Å²) in [7, 11) is 0. The minimum Gasteiger partial charge on any atom is -0.480 e. The fraction of sp³-hybridized carbons (Fsp3) is 0.556. The molecular weight excluding hydrogens is 342 g/mol. The molecule has 0 amide bonds. The van der Waals surface area contributed by atoms with E-state index < -0.39 is 11.5 Å². The van der Waals surface area contributed by atoms with Crippen LogP contribution >= 0.6 is 31.9 Å². The van der Waals surface area contributed by atoms with Gasteiger partial charge in [-0.2, -0.15) is 0 Å². The monoisotopic (exact) mass is 353 g/mol. The number of nitrogens with zero attached hydrogens (tertiary/aromatic N) is 2. The first-order valence-corrected chi connectivity index (χ1v) is 6.31. The molecule has 0 bridgehead atoms. The summed E-state index contributed by atoms with van der Waals surface area (Å²) >= 11 is 6.63. The summed E-state index contributed by atoms with van der Waals surface area (Å²) < 4.78 is 3.13. The van der Waals surface area contributed by atoms with Gasteiger partial charge < -0.3 is 15.4 Å². The molecule has 3 N–H and O–H groups in total. The number of nitrogens with two attached hydrogens (primary N) is 1. The van der Waals surface area contributed by atoms with Crippen molar-refractivity contribution >= 4 is 37.8 Å². The van der Waals surface area contributed by atoms with Crippen LogP contribution in [0.2, 0.25) is 0 Å². The molecule has 1 atom stereocenters. The second-order valence-corrected chi connectivity index (χ2v) is 5.27. The highest BCUT2D eigenvalue weighted by molar-refractivity contribution is 9.13. The van der Waals surface area contributed by atoms with Gasteiger partial charge in [-0.1, -0.05) is 6.92 Å². The van der Waals surface area contributed by atoms with Crippen LogP contribution in [0.5, 0.6) is 0 Å². The first-order chi connectivity index (χ1) is 7.29. The van der Waals surface area contributed by atoms with E-state index in [-0.39, 0.29) is 6.54 Å². The second-order valence-electron chi connectivity index (χ2n) is 3.77. The molecule has 90 valence electrons. The first-order valence-electron chi connectivity index (χ1n) is 4.72. The number of hydrogen-bond donors (Lipinski definition) is 2. The van der Waals surface area contributed by atoms with Crippen LogP contribution in [0.1, 0.15) is 19.7 Å². The molecule has 0 aliphatic heterocycles. The van der Waals surface area contributed by atoms with Crippen molar-refractivity contribution in [1.29, 1.82) is 0 Å². The number of rotatable bonds is 4. The number of carboxylic acids is 1. The smallest absolute Gasteiger partial charge is 0.325 e. The number of carbonyl (C=O) groups is 1. The van der Waals surface area contributed by atoms with Gasteiger partial charge in [0.2, 0.25) is 0 Å². The lowest BCUT2D eigenvalue weighted by molar-refractivity contribution is -0.143. The van der Waals surface area contributed by atoms with Crippen LogP contribution < -0.4 is 5.73 Å². The van der Waals surface area contributed by atoms with Crippen molar-refractivity contribution in [2.45, 2.75) is 32.4 Å². The molecule has 0 radical (unpaired) electrons. The van der Waals surface area contributed by atoms with E-state index in [4.69, 9.17) is 10.8 Å². The molecule has 5 nitrogen and oxygen atoms in total. The fourth-order valence-corrected chi connectivity index (χ4v) is 2.11. The van der Waals surface area contributed by atoms with Gasteiger partial charge in [0.25, 0.3) is 0 Å². The van der Waals surface area contributed by atoms with E-state index in [2.05, 4.69) is 36.8 Å². The van der Waals surface area contributed by atoms with Crippen molar-refractivity contribution in [3.05, 3.63) is 15.0 Å². The lowest BCUT2D eigenvalue weighted by Gasteiger charge is -2.21. The molecule has 0 saturated carbocycles. The third-order valence-electron chi connectivity index (χ3n) is 2.24. The maximum Gasteiger partial charge on any atom is 0.325 e. The van der Waals surface area contributed by atoms with Gasteiger partial charge in [-0.25, -0.2) is 4.98 Å². The number of imidazole rings is 1. The third-order valence-corrected chi connectivity index (χ3v) is 4.13. The Labute approximate surface area is 110 Å². The lowest BCUT2D eigenvalue weighted by Crippen LogP contribution is -2.48. The Hall–Kier alpha value is -0.400. The average Bonchev–Trinajstić information content (AvgIpc) is 2.45. The lowest BCUT2D eigenvalue weighted by atomic mass is 10.1. The van der Waals surface area contributed by atoms with Crippen molar-refractivity contribution in [2.75, 3.05) is 0 Å². The maximum absolute atomic E-state index is 11.0. The zero-order valence-electron chi connectivity index (χ0n) is 9.00. The van der Waals surface area contributed by atoms with Gasteiger partial charge in [-0.05, 0) is 38.8 Å². The van der Waals surface area contributed by atoms with E-state index in [9.17, 15) is 4.79 Å². The summed E-state index contributed by atoms with van der Waals surface area (Å²) in [6.45, 7) is 3.60. The van der Waals surface area contributed by atoms with Gasteiger partial charge in [-0.15, -0.1) is 0 Å². The number of carboxylic acid groups (broad SMARTS) is 1. The number of halogens is 2. The van der Waals surface area contributed by atoms with Crippen molar-refractivity contribution < 1.29 is 9.90 Å². The van der Waals surface area contributed by atoms with Gasteiger partial charge in [0.15, 0.2) is 0 Å². The van der Waals surface area contributed by atoms with Gasteiger partial charge in [0, 0.05) is 6.42 Å². The Morgan fingerprint density at radius 3 is 2.62 bits per heavy atom. The summed E-state index contributed by atoms with van der Waals surface area (Å²) in [6.07, 6.45) is 0.708. The van der Waals surface area contributed by atoms with Crippen LogP contribution in [-0.4, -0.2) is 26.2 Å². The van der Waals surface area contributed by atoms with Crippen LogP contribution in [0, 0.1) is 0 Å². The standard InChI is InChI=1S/C9H13Br2N3O2/c1-3-5-13-6(10)7(11)14(5)4-9(2,12)8(15)16/h3-4,12H2,1-2H3,(H,15,16). The molecule has 7 heteroatoms. The minimum atomic E-state index is -1.31.